The first-order chi connectivity index (χ1) is 13.2. The quantitative estimate of drug-likeness (QED) is 0.667. The summed E-state index contributed by atoms with van der Waals surface area (Å²) in [4.78, 5) is 6.79. The molecule has 0 spiro atoms. The highest BCUT2D eigenvalue weighted by Crippen LogP contribution is 2.25. The summed E-state index contributed by atoms with van der Waals surface area (Å²) in [7, 11) is 0. The summed E-state index contributed by atoms with van der Waals surface area (Å²) in [5.41, 5.74) is 4.61. The molecule has 4 rings (SSSR count). The van der Waals surface area contributed by atoms with Gasteiger partial charge < -0.3 is 4.74 Å². The van der Waals surface area contributed by atoms with Crippen molar-refractivity contribution in [2.24, 2.45) is 0 Å². The third kappa shape index (κ3) is 4.37. The molecule has 1 aliphatic heterocycles. The summed E-state index contributed by atoms with van der Waals surface area (Å²) in [6.45, 7) is 7.84. The molecular weight excluding hydrogens is 336 g/mol. The summed E-state index contributed by atoms with van der Waals surface area (Å²) < 4.78 is 8.02. The van der Waals surface area contributed by atoms with Gasteiger partial charge in [0.1, 0.15) is 12.4 Å². The minimum absolute atomic E-state index is 0.486. The number of aryl methyl sites for hydroxylation is 2. The molecule has 2 aromatic heterocycles. The Balaban J connectivity index is 1.30. The fraction of sp³-hybridized carbons (Fsp3) is 0.364. The first-order valence-corrected chi connectivity index (χ1v) is 9.54. The van der Waals surface area contributed by atoms with Crippen LogP contribution in [0.3, 0.4) is 0 Å². The molecule has 5 nitrogen and oxygen atoms in total. The molecule has 3 aromatic rings. The third-order valence-corrected chi connectivity index (χ3v) is 5.08. The van der Waals surface area contributed by atoms with Gasteiger partial charge in [-0.2, -0.15) is 5.10 Å². The maximum absolute atomic E-state index is 5.82. The first-order valence-electron chi connectivity index (χ1n) is 9.54. The lowest BCUT2D eigenvalue weighted by Gasteiger charge is -2.17. The predicted molar refractivity (Wildman–Crippen MR) is 106 cm³/mol. The van der Waals surface area contributed by atoms with Gasteiger partial charge in [-0.1, -0.05) is 18.2 Å². The van der Waals surface area contributed by atoms with Crippen LogP contribution in [0, 0.1) is 13.8 Å². The van der Waals surface area contributed by atoms with Crippen LogP contribution in [0.4, 0.5) is 0 Å². The minimum Gasteiger partial charge on any atom is -0.487 e. The van der Waals surface area contributed by atoms with Crippen LogP contribution in [-0.2, 0) is 13.2 Å². The van der Waals surface area contributed by atoms with Gasteiger partial charge in [-0.3, -0.25) is 14.6 Å². The van der Waals surface area contributed by atoms with Crippen molar-refractivity contribution in [3.05, 3.63) is 77.4 Å². The SMILES string of the molecule is Cc1cc(C)n([C@@H]2CCN(Cc3ccc(OCc4ccccn4)cc3)C2)n1. The summed E-state index contributed by atoms with van der Waals surface area (Å²) in [6, 6.07) is 16.9. The van der Waals surface area contributed by atoms with Gasteiger partial charge in [-0.25, -0.2) is 0 Å². The van der Waals surface area contributed by atoms with E-state index >= 15 is 0 Å². The van der Waals surface area contributed by atoms with E-state index in [1.807, 2.05) is 30.3 Å². The number of pyridine rings is 1. The molecule has 5 heteroatoms. The van der Waals surface area contributed by atoms with E-state index in [9.17, 15) is 0 Å². The monoisotopic (exact) mass is 362 g/mol. The van der Waals surface area contributed by atoms with Crippen LogP contribution >= 0.6 is 0 Å². The average Bonchev–Trinajstić information content (AvgIpc) is 3.27. The smallest absolute Gasteiger partial charge is 0.130 e. The lowest BCUT2D eigenvalue weighted by Crippen LogP contribution is -2.22. The number of likely N-dealkylation sites (tertiary alicyclic amines) is 1. The van der Waals surface area contributed by atoms with E-state index < -0.39 is 0 Å². The topological polar surface area (TPSA) is 43.2 Å². The zero-order valence-electron chi connectivity index (χ0n) is 16.0. The van der Waals surface area contributed by atoms with E-state index in [0.29, 0.717) is 12.6 Å². The average molecular weight is 362 g/mol. The Morgan fingerprint density at radius 1 is 1.11 bits per heavy atom. The van der Waals surface area contributed by atoms with Crippen LogP contribution in [0.25, 0.3) is 0 Å². The van der Waals surface area contributed by atoms with Gasteiger partial charge in [0.2, 0.25) is 0 Å². The van der Waals surface area contributed by atoms with Crippen molar-refractivity contribution >= 4 is 0 Å². The Morgan fingerprint density at radius 2 is 1.96 bits per heavy atom. The van der Waals surface area contributed by atoms with Gasteiger partial charge in [0.05, 0.1) is 17.4 Å². The molecule has 27 heavy (non-hydrogen) atoms. The number of hydrogen-bond acceptors (Lipinski definition) is 4. The molecule has 0 N–H and O–H groups in total. The molecule has 0 bridgehead atoms. The zero-order valence-corrected chi connectivity index (χ0v) is 16.0. The van der Waals surface area contributed by atoms with Crippen LogP contribution in [0.5, 0.6) is 5.75 Å². The van der Waals surface area contributed by atoms with Gasteiger partial charge >= 0.3 is 0 Å². The van der Waals surface area contributed by atoms with Gasteiger partial charge in [-0.15, -0.1) is 0 Å². The van der Waals surface area contributed by atoms with Gasteiger partial charge in [0, 0.05) is 31.5 Å². The Kier molecular flexibility index (Phi) is 5.21. The van der Waals surface area contributed by atoms with Gasteiger partial charge in [0.25, 0.3) is 0 Å². The number of hydrogen-bond donors (Lipinski definition) is 0. The van der Waals surface area contributed by atoms with E-state index in [0.717, 1.165) is 43.2 Å². The van der Waals surface area contributed by atoms with Crippen molar-refractivity contribution in [1.82, 2.24) is 19.7 Å². The molecule has 0 amide bonds. The lowest BCUT2D eigenvalue weighted by molar-refractivity contribution is 0.299. The largest absolute Gasteiger partial charge is 0.487 e. The fourth-order valence-electron chi connectivity index (χ4n) is 3.76. The highest BCUT2D eigenvalue weighted by atomic mass is 16.5. The van der Waals surface area contributed by atoms with Crippen molar-refractivity contribution in [2.45, 2.75) is 39.5 Å². The van der Waals surface area contributed by atoms with Crippen LogP contribution in [0.15, 0.2) is 54.7 Å². The second-order valence-electron chi connectivity index (χ2n) is 7.30. The molecule has 1 aromatic carbocycles. The predicted octanol–water partition coefficient (Wildman–Crippen LogP) is 3.92. The van der Waals surface area contributed by atoms with Crippen molar-refractivity contribution in [3.63, 3.8) is 0 Å². The summed E-state index contributed by atoms with van der Waals surface area (Å²) in [5, 5.41) is 4.66. The van der Waals surface area contributed by atoms with Crippen LogP contribution in [0.1, 0.15) is 35.1 Å². The first kappa shape index (κ1) is 17.7. The molecular formula is C22H26N4O. The number of aromatic nitrogens is 3. The Morgan fingerprint density at radius 3 is 2.67 bits per heavy atom. The standard InChI is InChI=1S/C22H26N4O/c1-17-13-18(2)26(24-17)21-10-12-25(15-21)14-19-6-8-22(9-7-19)27-16-20-5-3-4-11-23-20/h3-9,11,13,21H,10,12,14-16H2,1-2H3/t21-/m1/s1. The van der Waals surface area contributed by atoms with E-state index in [-0.39, 0.29) is 0 Å². The maximum Gasteiger partial charge on any atom is 0.130 e. The second-order valence-corrected chi connectivity index (χ2v) is 7.30. The molecule has 0 unspecified atom stereocenters. The van der Waals surface area contributed by atoms with E-state index in [1.54, 1.807) is 6.20 Å². The number of nitrogens with zero attached hydrogens (tertiary/aromatic N) is 4. The molecule has 140 valence electrons. The van der Waals surface area contributed by atoms with E-state index in [2.05, 4.69) is 51.7 Å². The van der Waals surface area contributed by atoms with Crippen molar-refractivity contribution < 1.29 is 4.74 Å². The van der Waals surface area contributed by atoms with Crippen LogP contribution in [0.2, 0.25) is 0 Å². The summed E-state index contributed by atoms with van der Waals surface area (Å²) in [5.74, 6) is 0.881. The molecule has 0 radical (unpaired) electrons. The van der Waals surface area contributed by atoms with E-state index in [1.165, 1.54) is 11.3 Å². The van der Waals surface area contributed by atoms with Gasteiger partial charge in [-0.05, 0) is 56.2 Å². The van der Waals surface area contributed by atoms with Crippen molar-refractivity contribution in [1.29, 1.82) is 0 Å². The minimum atomic E-state index is 0.486. The molecule has 0 saturated carbocycles. The second kappa shape index (κ2) is 7.92. The molecule has 1 atom stereocenters. The summed E-state index contributed by atoms with van der Waals surface area (Å²) in [6.07, 6.45) is 2.95. The van der Waals surface area contributed by atoms with E-state index in [4.69, 9.17) is 4.74 Å². The summed E-state index contributed by atoms with van der Waals surface area (Å²) >= 11 is 0. The van der Waals surface area contributed by atoms with Gasteiger partial charge in [0.15, 0.2) is 0 Å². The molecule has 1 saturated heterocycles. The maximum atomic E-state index is 5.82. The Hall–Kier alpha value is -2.66. The highest BCUT2D eigenvalue weighted by Gasteiger charge is 2.25. The molecule has 1 fully saturated rings. The zero-order chi connectivity index (χ0) is 18.6. The Labute approximate surface area is 160 Å². The fourth-order valence-corrected chi connectivity index (χ4v) is 3.76. The van der Waals surface area contributed by atoms with Crippen LogP contribution in [-0.4, -0.2) is 32.8 Å². The van der Waals surface area contributed by atoms with Crippen molar-refractivity contribution in [3.8, 4) is 5.75 Å². The molecule has 3 heterocycles. The highest BCUT2D eigenvalue weighted by molar-refractivity contribution is 5.27. The molecule has 1 aliphatic rings. The normalized spacial score (nSPS) is 17.3. The van der Waals surface area contributed by atoms with Crippen LogP contribution < -0.4 is 4.74 Å². The Bertz CT molecular complexity index is 873. The third-order valence-electron chi connectivity index (χ3n) is 5.08. The van der Waals surface area contributed by atoms with Crippen molar-refractivity contribution in [2.75, 3.05) is 13.1 Å². The lowest BCUT2D eigenvalue weighted by atomic mass is 10.2. The number of rotatable bonds is 6. The molecule has 0 aliphatic carbocycles. The number of ether oxygens (including phenoxy) is 1. The number of benzene rings is 1.